The molecule has 0 aliphatic heterocycles. The van der Waals surface area contributed by atoms with Gasteiger partial charge in [0.2, 0.25) is 0 Å². The zero-order valence-corrected chi connectivity index (χ0v) is 16.3. The van der Waals surface area contributed by atoms with E-state index in [0.717, 1.165) is 37.0 Å². The predicted molar refractivity (Wildman–Crippen MR) is 103 cm³/mol. The van der Waals surface area contributed by atoms with Crippen molar-refractivity contribution in [3.63, 3.8) is 0 Å². The molecule has 0 spiro atoms. The first-order valence-corrected chi connectivity index (χ1v) is 9.67. The third-order valence-corrected chi connectivity index (χ3v) is 6.31. The lowest BCUT2D eigenvalue weighted by molar-refractivity contribution is -0.137. The number of hydrogen-bond donors (Lipinski definition) is 0. The van der Waals surface area contributed by atoms with Crippen molar-refractivity contribution in [2.75, 3.05) is 0 Å². The van der Waals surface area contributed by atoms with Gasteiger partial charge in [0.05, 0.1) is 11.1 Å². The molecule has 0 amide bonds. The third kappa shape index (κ3) is 4.24. The highest BCUT2D eigenvalue weighted by Gasteiger charge is 2.32. The molecular weight excluding hydrogens is 369 g/mol. The zero-order chi connectivity index (χ0) is 19.8. The molecule has 1 atom stereocenters. The van der Waals surface area contributed by atoms with Crippen LogP contribution < -0.4 is 0 Å². The maximum absolute atomic E-state index is 12.6. The number of fused-ring (bicyclic) bond motifs is 1. The van der Waals surface area contributed by atoms with Gasteiger partial charge in [-0.1, -0.05) is 32.9 Å². The number of nitrogens with zero attached hydrogens (tertiary/aromatic N) is 2. The lowest BCUT2D eigenvalue weighted by Crippen LogP contribution is -2.26. The van der Waals surface area contributed by atoms with Crippen LogP contribution in [0.1, 0.15) is 54.3 Å². The Labute approximate surface area is 161 Å². The molecule has 1 aromatic heterocycles. The monoisotopic (exact) mass is 390 g/mol. The second-order valence-electron chi connectivity index (χ2n) is 7.98. The molecule has 0 saturated carbocycles. The first-order chi connectivity index (χ1) is 12.6. The average molecular weight is 390 g/mol. The van der Waals surface area contributed by atoms with Gasteiger partial charge in [-0.15, -0.1) is 11.3 Å². The van der Waals surface area contributed by atoms with Crippen molar-refractivity contribution in [2.24, 2.45) is 16.3 Å². The topological polar surface area (TPSA) is 36.1 Å². The average Bonchev–Trinajstić information content (AvgIpc) is 2.95. The van der Waals surface area contributed by atoms with Crippen molar-refractivity contribution >= 4 is 22.6 Å². The van der Waals surface area contributed by atoms with E-state index >= 15 is 0 Å². The molecule has 1 heterocycles. The summed E-state index contributed by atoms with van der Waals surface area (Å²) in [5.74, 6) is 0.571. The highest BCUT2D eigenvalue weighted by atomic mass is 32.1. The summed E-state index contributed by atoms with van der Waals surface area (Å²) in [6, 6.07) is 7.13. The molecular formula is C21H21F3N2S. The van der Waals surface area contributed by atoms with E-state index in [-0.39, 0.29) is 5.41 Å². The van der Waals surface area contributed by atoms with Crippen LogP contribution in [0.15, 0.2) is 29.3 Å². The van der Waals surface area contributed by atoms with Gasteiger partial charge in [-0.2, -0.15) is 18.4 Å². The molecule has 2 nitrogen and oxygen atoms in total. The molecule has 0 N–H and O–H groups in total. The molecule has 0 saturated heterocycles. The van der Waals surface area contributed by atoms with Crippen molar-refractivity contribution in [1.29, 1.82) is 5.26 Å². The smallest absolute Gasteiger partial charge is 0.244 e. The number of rotatable bonds is 2. The molecule has 1 aliphatic carbocycles. The van der Waals surface area contributed by atoms with Crippen molar-refractivity contribution in [1.82, 2.24) is 0 Å². The lowest BCUT2D eigenvalue weighted by Gasteiger charge is -2.33. The standard InChI is InChI=1S/C21H21F3N2S/c1-20(2,3)15-8-9-16-17(11-25)19(27-18(16)10-15)26-12-13-4-6-14(7-5-13)21(22,23)24/h4-7,12,15H,8-10H2,1-3H3/t15-/m0/s1. The van der Waals surface area contributed by atoms with E-state index in [1.165, 1.54) is 34.6 Å². The van der Waals surface area contributed by atoms with E-state index in [2.05, 4.69) is 31.8 Å². The quantitative estimate of drug-likeness (QED) is 0.536. The van der Waals surface area contributed by atoms with Crippen molar-refractivity contribution < 1.29 is 13.2 Å². The summed E-state index contributed by atoms with van der Waals surface area (Å²) in [5.41, 5.74) is 1.83. The van der Waals surface area contributed by atoms with Crippen LogP contribution in [-0.2, 0) is 19.0 Å². The van der Waals surface area contributed by atoms with Gasteiger partial charge in [-0.05, 0) is 53.9 Å². The fourth-order valence-corrected chi connectivity index (χ4v) is 4.63. The van der Waals surface area contributed by atoms with Crippen molar-refractivity contribution in [3.05, 3.63) is 51.4 Å². The van der Waals surface area contributed by atoms with Gasteiger partial charge in [-0.25, -0.2) is 4.99 Å². The van der Waals surface area contributed by atoms with Crippen LogP contribution >= 0.6 is 11.3 Å². The second-order valence-corrected chi connectivity index (χ2v) is 9.06. The Morgan fingerprint density at radius 1 is 1.19 bits per heavy atom. The fourth-order valence-electron chi connectivity index (χ4n) is 3.41. The molecule has 1 aliphatic rings. The summed E-state index contributed by atoms with van der Waals surface area (Å²) in [6.07, 6.45) is 0.0734. The number of thiophene rings is 1. The Morgan fingerprint density at radius 3 is 2.41 bits per heavy atom. The number of hydrogen-bond acceptors (Lipinski definition) is 3. The van der Waals surface area contributed by atoms with Crippen molar-refractivity contribution in [2.45, 2.75) is 46.2 Å². The van der Waals surface area contributed by atoms with E-state index in [1.54, 1.807) is 0 Å². The van der Waals surface area contributed by atoms with Gasteiger partial charge in [0.15, 0.2) is 0 Å². The first-order valence-electron chi connectivity index (χ1n) is 8.85. The minimum absolute atomic E-state index is 0.220. The van der Waals surface area contributed by atoms with Gasteiger partial charge in [-0.3, -0.25) is 0 Å². The molecule has 0 unspecified atom stereocenters. The number of alkyl halides is 3. The second kappa shape index (κ2) is 7.12. The van der Waals surface area contributed by atoms with E-state index < -0.39 is 11.7 Å². The van der Waals surface area contributed by atoms with Gasteiger partial charge in [0, 0.05) is 11.1 Å². The van der Waals surface area contributed by atoms with Gasteiger partial charge in [0.1, 0.15) is 11.1 Å². The normalized spacial score (nSPS) is 17.7. The Balaban J connectivity index is 1.85. The van der Waals surface area contributed by atoms with Crippen LogP contribution in [0.3, 0.4) is 0 Å². The lowest BCUT2D eigenvalue weighted by atomic mass is 9.72. The Morgan fingerprint density at radius 2 is 1.85 bits per heavy atom. The fraction of sp³-hybridized carbons (Fsp3) is 0.429. The van der Waals surface area contributed by atoms with Gasteiger partial charge < -0.3 is 0 Å². The Bertz CT molecular complexity index is 894. The zero-order valence-electron chi connectivity index (χ0n) is 15.5. The number of benzene rings is 1. The van der Waals surface area contributed by atoms with Crippen LogP contribution in [0, 0.1) is 22.7 Å². The highest BCUT2D eigenvalue weighted by Crippen LogP contribution is 2.44. The molecule has 27 heavy (non-hydrogen) atoms. The molecule has 142 valence electrons. The largest absolute Gasteiger partial charge is 0.416 e. The molecule has 2 aromatic rings. The summed E-state index contributed by atoms with van der Waals surface area (Å²) in [7, 11) is 0. The summed E-state index contributed by atoms with van der Waals surface area (Å²) in [6.45, 7) is 6.72. The summed E-state index contributed by atoms with van der Waals surface area (Å²) >= 11 is 1.53. The van der Waals surface area contributed by atoms with Crippen LogP contribution in [-0.4, -0.2) is 6.21 Å². The summed E-state index contributed by atoms with van der Waals surface area (Å²) in [4.78, 5) is 5.64. The molecule has 0 radical (unpaired) electrons. The summed E-state index contributed by atoms with van der Waals surface area (Å²) < 4.78 is 37.9. The molecule has 3 rings (SSSR count). The minimum atomic E-state index is -4.35. The minimum Gasteiger partial charge on any atom is -0.244 e. The SMILES string of the molecule is CC(C)(C)[C@H]1CCc2c(sc(N=Cc3ccc(C(F)(F)F)cc3)c2C#N)C1. The first kappa shape index (κ1) is 19.6. The van der Waals surface area contributed by atoms with E-state index in [4.69, 9.17) is 0 Å². The number of aliphatic imine (C=N–C) groups is 1. The predicted octanol–water partition coefficient (Wildman–Crippen LogP) is 6.54. The Hall–Kier alpha value is -2.13. The summed E-state index contributed by atoms with van der Waals surface area (Å²) in [5, 5.41) is 10.2. The van der Waals surface area contributed by atoms with Crippen LogP contribution in [0.2, 0.25) is 0 Å². The van der Waals surface area contributed by atoms with Crippen LogP contribution in [0.4, 0.5) is 18.2 Å². The molecule has 0 bridgehead atoms. The number of halogens is 3. The van der Waals surface area contributed by atoms with Crippen LogP contribution in [0.5, 0.6) is 0 Å². The van der Waals surface area contributed by atoms with Crippen LogP contribution in [0.25, 0.3) is 0 Å². The number of nitriles is 1. The molecule has 0 fully saturated rings. The van der Waals surface area contributed by atoms with E-state index in [1.807, 2.05) is 0 Å². The molecule has 1 aromatic carbocycles. The van der Waals surface area contributed by atoms with E-state index in [9.17, 15) is 18.4 Å². The van der Waals surface area contributed by atoms with Gasteiger partial charge >= 0.3 is 6.18 Å². The maximum Gasteiger partial charge on any atom is 0.416 e. The molecule has 6 heteroatoms. The van der Waals surface area contributed by atoms with E-state index in [0.29, 0.717) is 22.0 Å². The highest BCUT2D eigenvalue weighted by molar-refractivity contribution is 7.16. The van der Waals surface area contributed by atoms with Crippen molar-refractivity contribution in [3.8, 4) is 6.07 Å². The maximum atomic E-state index is 12.6. The third-order valence-electron chi connectivity index (χ3n) is 5.15. The Kier molecular flexibility index (Phi) is 5.18. The van der Waals surface area contributed by atoms with Gasteiger partial charge in [0.25, 0.3) is 0 Å².